The van der Waals surface area contributed by atoms with Gasteiger partial charge in [-0.2, -0.15) is 0 Å². The normalized spacial score (nSPS) is 24.8. The number of amides is 2. The van der Waals surface area contributed by atoms with Crippen molar-refractivity contribution < 1.29 is 47.2 Å². The van der Waals surface area contributed by atoms with E-state index in [9.17, 15) is 42.5 Å². The summed E-state index contributed by atoms with van der Waals surface area (Å²) in [6, 6.07) is 7.13. The first-order valence-electron chi connectivity index (χ1n) is 11.8. The number of imide groups is 1. The van der Waals surface area contributed by atoms with Crippen molar-refractivity contribution in [3.05, 3.63) is 59.2 Å². The Morgan fingerprint density at radius 2 is 1.59 bits per heavy atom. The molecule has 0 saturated carbocycles. The largest absolute Gasteiger partial charge is 0.393 e. The summed E-state index contributed by atoms with van der Waals surface area (Å²) < 4.78 is 64.8. The van der Waals surface area contributed by atoms with Crippen molar-refractivity contribution in [1.82, 2.24) is 14.9 Å². The van der Waals surface area contributed by atoms with Crippen LogP contribution in [-0.2, 0) is 4.74 Å². The number of aliphatic hydroxyl groups is 3. The van der Waals surface area contributed by atoms with Crippen molar-refractivity contribution in [3.8, 4) is 0 Å². The number of hydrogen-bond acceptors (Lipinski definition) is 6. The van der Waals surface area contributed by atoms with Gasteiger partial charge in [0.1, 0.15) is 23.8 Å². The molecule has 1 fully saturated rings. The van der Waals surface area contributed by atoms with Gasteiger partial charge in [-0.05, 0) is 36.4 Å². The van der Waals surface area contributed by atoms with Crippen LogP contribution in [0.2, 0.25) is 0 Å². The van der Waals surface area contributed by atoms with Crippen molar-refractivity contribution >= 4 is 55.4 Å². The lowest BCUT2D eigenvalue weighted by Crippen LogP contribution is -2.60. The van der Waals surface area contributed by atoms with Crippen LogP contribution in [0.4, 0.5) is 17.6 Å². The predicted molar refractivity (Wildman–Crippen MR) is 128 cm³/mol. The number of carbonyl (C=O) groups excluding carboxylic acids is 2. The van der Waals surface area contributed by atoms with Crippen LogP contribution < -0.4 is 5.32 Å². The molecular formula is C26H17F4N3O6. The number of nitrogens with one attached hydrogen (secondary N) is 2. The highest BCUT2D eigenvalue weighted by molar-refractivity contribution is 6.39. The molecule has 200 valence electrons. The number of benzene rings is 3. The van der Waals surface area contributed by atoms with Gasteiger partial charge in [0.05, 0.1) is 34.3 Å². The summed E-state index contributed by atoms with van der Waals surface area (Å²) in [4.78, 5) is 29.2. The fourth-order valence-corrected chi connectivity index (χ4v) is 5.88. The number of rotatable bonds is 2. The zero-order valence-corrected chi connectivity index (χ0v) is 19.5. The van der Waals surface area contributed by atoms with Crippen LogP contribution >= 0.6 is 0 Å². The molecule has 0 spiro atoms. The van der Waals surface area contributed by atoms with Crippen LogP contribution in [0.5, 0.6) is 0 Å². The van der Waals surface area contributed by atoms with Crippen molar-refractivity contribution in [2.45, 2.75) is 30.5 Å². The van der Waals surface area contributed by atoms with Gasteiger partial charge in [-0.25, -0.2) is 17.6 Å². The summed E-state index contributed by atoms with van der Waals surface area (Å²) in [5.74, 6) is -6.96. The first kappa shape index (κ1) is 24.0. The second-order valence-electron chi connectivity index (χ2n) is 9.66. The third-order valence-electron chi connectivity index (χ3n) is 7.56. The SMILES string of the molecule is O=C1NC(=O)c2c1c1c3cc(F)ccc3[nH]c1c1c2c2cc(F)ccc2n1C1O[C@H](CO)C(F)(F)[C@H](O)[C@H]1O. The van der Waals surface area contributed by atoms with Crippen LogP contribution in [0.1, 0.15) is 26.9 Å². The molecule has 5 aromatic rings. The Bertz CT molecular complexity index is 1910. The maximum Gasteiger partial charge on any atom is 0.304 e. The van der Waals surface area contributed by atoms with Gasteiger partial charge in [0, 0.05) is 27.1 Å². The molecule has 4 atom stereocenters. The highest BCUT2D eigenvalue weighted by Crippen LogP contribution is 2.47. The molecule has 2 aromatic heterocycles. The zero-order chi connectivity index (χ0) is 27.5. The van der Waals surface area contributed by atoms with Crippen molar-refractivity contribution in [2.24, 2.45) is 0 Å². The molecule has 5 N–H and O–H groups in total. The summed E-state index contributed by atoms with van der Waals surface area (Å²) in [6.45, 7) is -1.20. The van der Waals surface area contributed by atoms with E-state index in [1.54, 1.807) is 0 Å². The van der Waals surface area contributed by atoms with E-state index in [1.807, 2.05) is 0 Å². The molecule has 3 aromatic carbocycles. The Morgan fingerprint density at radius 3 is 2.28 bits per heavy atom. The Kier molecular flexibility index (Phi) is 4.78. The molecule has 9 nitrogen and oxygen atoms in total. The smallest absolute Gasteiger partial charge is 0.304 e. The van der Waals surface area contributed by atoms with E-state index in [4.69, 9.17) is 4.74 Å². The third-order valence-corrected chi connectivity index (χ3v) is 7.56. The molecule has 0 radical (unpaired) electrons. The third kappa shape index (κ3) is 2.98. The molecule has 1 unspecified atom stereocenters. The zero-order valence-electron chi connectivity index (χ0n) is 19.5. The highest BCUT2D eigenvalue weighted by Gasteiger charge is 2.58. The van der Waals surface area contributed by atoms with Crippen LogP contribution in [0.3, 0.4) is 0 Å². The van der Waals surface area contributed by atoms with Gasteiger partial charge in [0.2, 0.25) is 0 Å². The summed E-state index contributed by atoms with van der Waals surface area (Å²) in [7, 11) is 0. The molecule has 2 amide bonds. The number of hydrogen-bond donors (Lipinski definition) is 5. The molecule has 2 aliphatic heterocycles. The fourth-order valence-electron chi connectivity index (χ4n) is 5.88. The first-order chi connectivity index (χ1) is 18.5. The quantitative estimate of drug-likeness (QED) is 0.172. The Labute approximate surface area is 214 Å². The maximum absolute atomic E-state index is 14.6. The van der Waals surface area contributed by atoms with Gasteiger partial charge >= 0.3 is 5.92 Å². The number of carbonyl (C=O) groups is 2. The number of nitrogens with zero attached hydrogens (tertiary/aromatic N) is 1. The van der Waals surface area contributed by atoms with E-state index in [0.29, 0.717) is 5.52 Å². The van der Waals surface area contributed by atoms with E-state index in [2.05, 4.69) is 10.3 Å². The number of halogens is 4. The molecule has 0 aliphatic carbocycles. The molecule has 2 aliphatic rings. The predicted octanol–water partition coefficient (Wildman–Crippen LogP) is 2.84. The van der Waals surface area contributed by atoms with Crippen LogP contribution in [0.25, 0.3) is 43.6 Å². The monoisotopic (exact) mass is 543 g/mol. The number of H-pyrrole nitrogens is 1. The van der Waals surface area contributed by atoms with Crippen molar-refractivity contribution in [1.29, 1.82) is 0 Å². The van der Waals surface area contributed by atoms with Gasteiger partial charge < -0.3 is 29.6 Å². The Balaban J connectivity index is 1.71. The second-order valence-corrected chi connectivity index (χ2v) is 9.66. The number of ether oxygens (including phenoxy) is 1. The first-order valence-corrected chi connectivity index (χ1v) is 11.8. The molecule has 7 rings (SSSR count). The van der Waals surface area contributed by atoms with Gasteiger partial charge in [-0.1, -0.05) is 0 Å². The van der Waals surface area contributed by atoms with Gasteiger partial charge in [-0.15, -0.1) is 0 Å². The molecule has 1 saturated heterocycles. The van der Waals surface area contributed by atoms with Crippen LogP contribution in [0.15, 0.2) is 36.4 Å². The summed E-state index contributed by atoms with van der Waals surface area (Å²) in [5, 5.41) is 33.5. The summed E-state index contributed by atoms with van der Waals surface area (Å²) >= 11 is 0. The molecular weight excluding hydrogens is 526 g/mol. The van der Waals surface area contributed by atoms with Crippen LogP contribution in [0, 0.1) is 11.6 Å². The van der Waals surface area contributed by atoms with Crippen molar-refractivity contribution in [2.75, 3.05) is 6.61 Å². The van der Waals surface area contributed by atoms with Crippen LogP contribution in [-0.4, -0.2) is 67.5 Å². The molecule has 4 heterocycles. The van der Waals surface area contributed by atoms with E-state index in [1.165, 1.54) is 22.8 Å². The number of aromatic amines is 1. The Hall–Kier alpha value is -4.04. The second kappa shape index (κ2) is 7.76. The lowest BCUT2D eigenvalue weighted by Gasteiger charge is -2.42. The lowest BCUT2D eigenvalue weighted by molar-refractivity contribution is -0.309. The molecule has 0 bridgehead atoms. The minimum atomic E-state index is -4.02. The van der Waals surface area contributed by atoms with Crippen molar-refractivity contribution in [3.63, 3.8) is 0 Å². The average molecular weight is 543 g/mol. The average Bonchev–Trinajstić information content (AvgIpc) is 3.51. The fraction of sp³-hybridized carbons (Fsp3) is 0.231. The highest BCUT2D eigenvalue weighted by atomic mass is 19.3. The number of aliphatic hydroxyl groups excluding tert-OH is 3. The minimum absolute atomic E-state index is 0.0453. The molecule has 39 heavy (non-hydrogen) atoms. The van der Waals surface area contributed by atoms with Gasteiger partial charge in [-0.3, -0.25) is 14.9 Å². The van der Waals surface area contributed by atoms with Gasteiger partial charge in [0.25, 0.3) is 11.8 Å². The Morgan fingerprint density at radius 1 is 0.949 bits per heavy atom. The maximum atomic E-state index is 14.6. The lowest BCUT2D eigenvalue weighted by atomic mass is 9.96. The van der Waals surface area contributed by atoms with E-state index >= 15 is 0 Å². The number of fused-ring (bicyclic) bond motifs is 10. The summed E-state index contributed by atoms with van der Waals surface area (Å²) in [6.07, 6.45) is -8.88. The molecule has 13 heteroatoms. The number of alkyl halides is 2. The van der Waals surface area contributed by atoms with E-state index in [-0.39, 0.29) is 49.2 Å². The number of aromatic nitrogens is 2. The standard InChI is InChI=1S/C26H17F4N3O6/c27-8-1-3-12-10(5-8)15-17-18(24(38)32-23(17)37)16-11-6-9(28)2-4-13(11)33(20(16)19(15)31-12)25-21(35)22(36)26(29,30)14(7-34)39-25/h1-6,14,21-22,25,31,34-36H,7H2,(H,32,37,38)/t14-,21-,22-,25?/m1/s1. The van der Waals surface area contributed by atoms with Gasteiger partial charge in [0.15, 0.2) is 12.3 Å². The minimum Gasteiger partial charge on any atom is -0.393 e. The van der Waals surface area contributed by atoms with E-state index in [0.717, 1.165) is 18.2 Å². The summed E-state index contributed by atoms with van der Waals surface area (Å²) in [5.41, 5.74) is 0.416. The van der Waals surface area contributed by atoms with E-state index < -0.39 is 60.5 Å². The topological polar surface area (TPSA) is 137 Å².